The topological polar surface area (TPSA) is 81.2 Å². The summed E-state index contributed by atoms with van der Waals surface area (Å²) < 4.78 is 0.704. The Morgan fingerprint density at radius 2 is 2.16 bits per heavy atom. The van der Waals surface area contributed by atoms with E-state index in [0.717, 1.165) is 12.8 Å². The molecule has 5 nitrogen and oxygen atoms in total. The molecule has 1 unspecified atom stereocenters. The summed E-state index contributed by atoms with van der Waals surface area (Å²) in [6.45, 7) is 0.498. The molecule has 104 valence electrons. The number of nitrogens with one attached hydrogen (secondary N) is 1. The summed E-state index contributed by atoms with van der Waals surface area (Å²) in [5.74, 6) is 0.522. The molecular formula is C13H18BrN3O2. The summed E-state index contributed by atoms with van der Waals surface area (Å²) in [6.07, 6.45) is 4.76. The maximum atomic E-state index is 11.1. The largest absolute Gasteiger partial charge is 0.375 e. The number of hydrogen-bond acceptors (Lipinski definition) is 4. The van der Waals surface area contributed by atoms with Crippen molar-refractivity contribution in [2.75, 3.05) is 11.9 Å². The molecule has 0 saturated heterocycles. The molecule has 1 aromatic carbocycles. The zero-order chi connectivity index (χ0) is 13.8. The molecule has 0 aliphatic heterocycles. The second kappa shape index (κ2) is 6.34. The van der Waals surface area contributed by atoms with Gasteiger partial charge in [-0.05, 0) is 30.9 Å². The van der Waals surface area contributed by atoms with Crippen molar-refractivity contribution in [2.24, 2.45) is 11.7 Å². The minimum atomic E-state index is -0.366. The standard InChI is InChI=1S/C13H18BrN3O2/c14-10-5-6-11(13(7-10)17(18)19)16-12(8-15)9-3-1-2-4-9/h5-7,9,12,16H,1-4,8,15H2. The third kappa shape index (κ3) is 3.45. The van der Waals surface area contributed by atoms with Gasteiger partial charge < -0.3 is 11.1 Å². The number of anilines is 1. The molecule has 1 aromatic rings. The van der Waals surface area contributed by atoms with Crippen molar-refractivity contribution < 1.29 is 4.92 Å². The number of nitrogens with two attached hydrogens (primary N) is 1. The van der Waals surface area contributed by atoms with Gasteiger partial charge in [-0.3, -0.25) is 10.1 Å². The van der Waals surface area contributed by atoms with Crippen LogP contribution in [0.3, 0.4) is 0 Å². The molecular weight excluding hydrogens is 310 g/mol. The Labute approximate surface area is 120 Å². The summed E-state index contributed by atoms with van der Waals surface area (Å²) in [5, 5.41) is 14.3. The summed E-state index contributed by atoms with van der Waals surface area (Å²) in [6, 6.07) is 5.17. The fraction of sp³-hybridized carbons (Fsp3) is 0.538. The van der Waals surface area contributed by atoms with E-state index in [1.54, 1.807) is 12.1 Å². The molecule has 6 heteroatoms. The van der Waals surface area contributed by atoms with Crippen LogP contribution in [0.4, 0.5) is 11.4 Å². The molecule has 2 rings (SSSR count). The van der Waals surface area contributed by atoms with E-state index in [9.17, 15) is 10.1 Å². The number of rotatable bonds is 5. The van der Waals surface area contributed by atoms with Gasteiger partial charge in [0.1, 0.15) is 5.69 Å². The van der Waals surface area contributed by atoms with Gasteiger partial charge in [0.2, 0.25) is 0 Å². The fourth-order valence-electron chi connectivity index (χ4n) is 2.71. The molecule has 19 heavy (non-hydrogen) atoms. The highest BCUT2D eigenvalue weighted by molar-refractivity contribution is 9.10. The van der Waals surface area contributed by atoms with Gasteiger partial charge in [-0.1, -0.05) is 28.8 Å². The van der Waals surface area contributed by atoms with Crippen LogP contribution in [0.25, 0.3) is 0 Å². The van der Waals surface area contributed by atoms with Crippen LogP contribution in [0, 0.1) is 16.0 Å². The van der Waals surface area contributed by atoms with E-state index in [1.807, 2.05) is 0 Å². The first kappa shape index (κ1) is 14.3. The van der Waals surface area contributed by atoms with Gasteiger partial charge in [0.25, 0.3) is 5.69 Å². The molecule has 1 atom stereocenters. The van der Waals surface area contributed by atoms with Crippen LogP contribution in [-0.4, -0.2) is 17.5 Å². The van der Waals surface area contributed by atoms with Crippen molar-refractivity contribution in [1.82, 2.24) is 0 Å². The molecule has 0 heterocycles. The van der Waals surface area contributed by atoms with Gasteiger partial charge in [-0.2, -0.15) is 0 Å². The van der Waals surface area contributed by atoms with Gasteiger partial charge in [-0.25, -0.2) is 0 Å². The second-order valence-corrected chi connectivity index (χ2v) is 5.87. The highest BCUT2D eigenvalue weighted by Gasteiger charge is 2.26. The molecule has 1 aliphatic rings. The molecule has 1 aliphatic carbocycles. The van der Waals surface area contributed by atoms with E-state index in [-0.39, 0.29) is 16.7 Å². The molecule has 1 fully saturated rings. The Kier molecular flexibility index (Phi) is 4.76. The van der Waals surface area contributed by atoms with Gasteiger partial charge >= 0.3 is 0 Å². The Morgan fingerprint density at radius 3 is 2.74 bits per heavy atom. The first-order chi connectivity index (χ1) is 9.11. The quantitative estimate of drug-likeness (QED) is 0.642. The highest BCUT2D eigenvalue weighted by Crippen LogP contribution is 2.33. The zero-order valence-electron chi connectivity index (χ0n) is 10.6. The van der Waals surface area contributed by atoms with Crippen molar-refractivity contribution in [3.63, 3.8) is 0 Å². The molecule has 0 aromatic heterocycles. The lowest BCUT2D eigenvalue weighted by Gasteiger charge is -2.24. The van der Waals surface area contributed by atoms with Crippen LogP contribution in [0.15, 0.2) is 22.7 Å². The normalized spacial score (nSPS) is 17.4. The number of benzene rings is 1. The number of nitro benzene ring substituents is 1. The first-order valence-corrected chi connectivity index (χ1v) is 7.31. The van der Waals surface area contributed by atoms with Crippen molar-refractivity contribution in [1.29, 1.82) is 0 Å². The average molecular weight is 328 g/mol. The number of hydrogen-bond donors (Lipinski definition) is 2. The molecule has 0 bridgehead atoms. The average Bonchev–Trinajstić information content (AvgIpc) is 2.90. The van der Waals surface area contributed by atoms with E-state index in [0.29, 0.717) is 22.6 Å². The van der Waals surface area contributed by atoms with Crippen molar-refractivity contribution in [3.8, 4) is 0 Å². The van der Waals surface area contributed by atoms with Crippen molar-refractivity contribution in [2.45, 2.75) is 31.7 Å². The number of nitro groups is 1. The summed E-state index contributed by atoms with van der Waals surface area (Å²) >= 11 is 3.26. The van der Waals surface area contributed by atoms with Crippen LogP contribution < -0.4 is 11.1 Å². The number of halogens is 1. The van der Waals surface area contributed by atoms with E-state index < -0.39 is 0 Å². The molecule has 3 N–H and O–H groups in total. The number of nitrogens with zero attached hydrogens (tertiary/aromatic N) is 1. The van der Waals surface area contributed by atoms with Crippen molar-refractivity contribution in [3.05, 3.63) is 32.8 Å². The first-order valence-electron chi connectivity index (χ1n) is 6.52. The third-order valence-electron chi connectivity index (χ3n) is 3.72. The minimum absolute atomic E-state index is 0.0887. The molecule has 0 spiro atoms. The smallest absolute Gasteiger partial charge is 0.293 e. The molecule has 0 amide bonds. The predicted octanol–water partition coefficient (Wildman–Crippen LogP) is 3.29. The van der Waals surface area contributed by atoms with Crippen molar-refractivity contribution >= 4 is 27.3 Å². The lowest BCUT2D eigenvalue weighted by atomic mass is 9.98. The Morgan fingerprint density at radius 1 is 1.47 bits per heavy atom. The van der Waals surface area contributed by atoms with Gasteiger partial charge in [-0.15, -0.1) is 0 Å². The molecule has 0 radical (unpaired) electrons. The van der Waals surface area contributed by atoms with E-state index >= 15 is 0 Å². The lowest BCUT2D eigenvalue weighted by Crippen LogP contribution is -2.35. The van der Waals surface area contributed by atoms with Gasteiger partial charge in [0.05, 0.1) is 4.92 Å². The van der Waals surface area contributed by atoms with Gasteiger partial charge in [0, 0.05) is 23.1 Å². The van der Waals surface area contributed by atoms with Gasteiger partial charge in [0.15, 0.2) is 0 Å². The van der Waals surface area contributed by atoms with Crippen LogP contribution in [0.2, 0.25) is 0 Å². The summed E-state index contributed by atoms with van der Waals surface area (Å²) in [4.78, 5) is 10.7. The Hall–Kier alpha value is -1.14. The zero-order valence-corrected chi connectivity index (χ0v) is 12.2. The van der Waals surface area contributed by atoms with Crippen LogP contribution in [0.1, 0.15) is 25.7 Å². The van der Waals surface area contributed by atoms with Crippen LogP contribution in [-0.2, 0) is 0 Å². The van der Waals surface area contributed by atoms with Crippen LogP contribution >= 0.6 is 15.9 Å². The maximum absolute atomic E-state index is 11.1. The van der Waals surface area contributed by atoms with E-state index in [1.165, 1.54) is 18.9 Å². The van der Waals surface area contributed by atoms with Crippen LogP contribution in [0.5, 0.6) is 0 Å². The lowest BCUT2D eigenvalue weighted by molar-refractivity contribution is -0.384. The SMILES string of the molecule is NCC(Nc1ccc(Br)cc1[N+](=O)[O-])C1CCCC1. The van der Waals surface area contributed by atoms with E-state index in [2.05, 4.69) is 21.2 Å². The summed E-state index contributed by atoms with van der Waals surface area (Å²) in [5.41, 5.74) is 6.46. The summed E-state index contributed by atoms with van der Waals surface area (Å²) in [7, 11) is 0. The third-order valence-corrected chi connectivity index (χ3v) is 4.21. The van der Waals surface area contributed by atoms with E-state index in [4.69, 9.17) is 5.73 Å². The Balaban J connectivity index is 2.18. The Bertz CT molecular complexity index is 461. The monoisotopic (exact) mass is 327 g/mol. The second-order valence-electron chi connectivity index (χ2n) is 4.95. The fourth-order valence-corrected chi connectivity index (χ4v) is 3.06. The minimum Gasteiger partial charge on any atom is -0.375 e. The highest BCUT2D eigenvalue weighted by atomic mass is 79.9. The maximum Gasteiger partial charge on any atom is 0.293 e. The predicted molar refractivity (Wildman–Crippen MR) is 79.2 cm³/mol. The molecule has 1 saturated carbocycles.